The van der Waals surface area contributed by atoms with Gasteiger partial charge in [0, 0.05) is 17.0 Å². The second-order valence-corrected chi connectivity index (χ2v) is 7.28. The Kier molecular flexibility index (Phi) is 5.85. The number of hydrogen-bond acceptors (Lipinski definition) is 5. The molecular weight excluding hydrogens is 404 g/mol. The molecule has 6 nitrogen and oxygen atoms in total. The van der Waals surface area contributed by atoms with E-state index in [1.54, 1.807) is 55.6 Å². The first-order valence-electron chi connectivity index (χ1n) is 10.2. The molecule has 0 unspecified atom stereocenters. The van der Waals surface area contributed by atoms with E-state index in [4.69, 9.17) is 4.74 Å². The van der Waals surface area contributed by atoms with Gasteiger partial charge in [-0.1, -0.05) is 35.9 Å². The summed E-state index contributed by atoms with van der Waals surface area (Å²) in [5.41, 5.74) is 2.71. The molecule has 0 saturated heterocycles. The van der Waals surface area contributed by atoms with Gasteiger partial charge in [-0.05, 0) is 56.3 Å². The predicted molar refractivity (Wildman–Crippen MR) is 126 cm³/mol. The summed E-state index contributed by atoms with van der Waals surface area (Å²) < 4.78 is 6.22. The lowest BCUT2D eigenvalue weighted by molar-refractivity contribution is 0.0526. The molecule has 0 radical (unpaired) electrons. The Morgan fingerprint density at radius 3 is 2.31 bits per heavy atom. The van der Waals surface area contributed by atoms with E-state index < -0.39 is 5.97 Å². The van der Waals surface area contributed by atoms with Crippen LogP contribution in [0.1, 0.15) is 28.4 Å². The van der Waals surface area contributed by atoms with Crippen LogP contribution >= 0.6 is 0 Å². The lowest BCUT2D eigenvalue weighted by atomic mass is 10.1. The minimum atomic E-state index is -0.444. The summed E-state index contributed by atoms with van der Waals surface area (Å²) in [6.45, 7) is 4.00. The standard InChI is InChI=1S/C26H22N2O4/c1-3-32-26(31)18-10-14-20(15-11-18)28-24(29)22-7-5-4-6-21(22)23(25(28)30)16-27-19-12-8-17(2)9-13-19/h4-16,30H,3H2,1-2H3. The van der Waals surface area contributed by atoms with E-state index in [0.29, 0.717) is 27.6 Å². The minimum Gasteiger partial charge on any atom is -0.494 e. The number of carbonyl (C=O) groups excluding carboxylic acids is 1. The van der Waals surface area contributed by atoms with Crippen LogP contribution in [0.25, 0.3) is 16.5 Å². The van der Waals surface area contributed by atoms with Crippen molar-refractivity contribution < 1.29 is 14.6 Å². The van der Waals surface area contributed by atoms with Gasteiger partial charge in [-0.2, -0.15) is 0 Å². The fourth-order valence-corrected chi connectivity index (χ4v) is 3.46. The van der Waals surface area contributed by atoms with Crippen molar-refractivity contribution in [3.63, 3.8) is 0 Å². The molecule has 0 aliphatic carbocycles. The molecule has 4 aromatic rings. The summed E-state index contributed by atoms with van der Waals surface area (Å²) in [6.07, 6.45) is 1.56. The van der Waals surface area contributed by atoms with Gasteiger partial charge in [-0.15, -0.1) is 0 Å². The van der Waals surface area contributed by atoms with Gasteiger partial charge in [0.2, 0.25) is 5.88 Å². The Hall–Kier alpha value is -4.19. The number of ether oxygens (including phenoxy) is 1. The van der Waals surface area contributed by atoms with Gasteiger partial charge in [0.25, 0.3) is 5.56 Å². The van der Waals surface area contributed by atoms with Crippen molar-refractivity contribution in [1.29, 1.82) is 0 Å². The zero-order valence-electron chi connectivity index (χ0n) is 17.8. The molecule has 0 bridgehead atoms. The quantitative estimate of drug-likeness (QED) is 0.362. The van der Waals surface area contributed by atoms with Crippen molar-refractivity contribution in [3.8, 4) is 11.6 Å². The SMILES string of the molecule is CCOC(=O)c1ccc(-n2c(O)c(C=Nc3ccc(C)cc3)c3ccccc3c2=O)cc1. The van der Waals surface area contributed by atoms with Gasteiger partial charge in [0.05, 0.1) is 29.1 Å². The zero-order chi connectivity index (χ0) is 22.7. The summed E-state index contributed by atoms with van der Waals surface area (Å²) in [5, 5.41) is 12.1. The molecule has 0 saturated carbocycles. The summed E-state index contributed by atoms with van der Waals surface area (Å²) >= 11 is 0. The highest BCUT2D eigenvalue weighted by Gasteiger charge is 2.17. The molecular formula is C26H22N2O4. The average Bonchev–Trinajstić information content (AvgIpc) is 2.81. The summed E-state index contributed by atoms with van der Waals surface area (Å²) in [5.74, 6) is -0.673. The van der Waals surface area contributed by atoms with Crippen molar-refractivity contribution in [2.45, 2.75) is 13.8 Å². The van der Waals surface area contributed by atoms with Gasteiger partial charge in [-0.25, -0.2) is 9.36 Å². The molecule has 0 aliphatic heterocycles. The van der Waals surface area contributed by atoms with Crippen LogP contribution in [0.2, 0.25) is 0 Å². The third-order valence-corrected chi connectivity index (χ3v) is 5.12. The Bertz CT molecular complexity index is 1370. The third-order valence-electron chi connectivity index (χ3n) is 5.12. The number of hydrogen-bond donors (Lipinski definition) is 1. The first-order valence-corrected chi connectivity index (χ1v) is 10.2. The molecule has 3 aromatic carbocycles. The largest absolute Gasteiger partial charge is 0.494 e. The lowest BCUT2D eigenvalue weighted by Crippen LogP contribution is -2.20. The smallest absolute Gasteiger partial charge is 0.338 e. The number of fused-ring (bicyclic) bond motifs is 1. The second kappa shape index (κ2) is 8.89. The van der Waals surface area contributed by atoms with Gasteiger partial charge in [0.1, 0.15) is 0 Å². The number of rotatable bonds is 5. The maximum atomic E-state index is 13.2. The van der Waals surface area contributed by atoms with Crippen molar-refractivity contribution >= 4 is 28.6 Å². The Morgan fingerprint density at radius 1 is 1.00 bits per heavy atom. The Morgan fingerprint density at radius 2 is 1.66 bits per heavy atom. The Labute approximate surface area is 185 Å². The summed E-state index contributed by atoms with van der Waals surface area (Å²) in [6, 6.07) is 21.1. The Balaban J connectivity index is 1.86. The highest BCUT2D eigenvalue weighted by atomic mass is 16.5. The van der Waals surface area contributed by atoms with E-state index in [1.807, 2.05) is 37.3 Å². The van der Waals surface area contributed by atoms with E-state index in [2.05, 4.69) is 4.99 Å². The van der Waals surface area contributed by atoms with Gasteiger partial charge < -0.3 is 9.84 Å². The first kappa shape index (κ1) is 21.1. The predicted octanol–water partition coefficient (Wildman–Crippen LogP) is 4.93. The summed E-state index contributed by atoms with van der Waals surface area (Å²) in [4.78, 5) is 29.6. The fourth-order valence-electron chi connectivity index (χ4n) is 3.46. The molecule has 1 heterocycles. The molecule has 6 heteroatoms. The maximum Gasteiger partial charge on any atom is 0.338 e. The van der Waals surface area contributed by atoms with Crippen LogP contribution in [0.15, 0.2) is 82.6 Å². The maximum absolute atomic E-state index is 13.2. The van der Waals surface area contributed by atoms with E-state index in [-0.39, 0.29) is 18.0 Å². The number of nitrogens with zero attached hydrogens (tertiary/aromatic N) is 2. The van der Waals surface area contributed by atoms with Crippen LogP contribution < -0.4 is 5.56 Å². The van der Waals surface area contributed by atoms with E-state index >= 15 is 0 Å². The molecule has 1 N–H and O–H groups in total. The molecule has 1 aromatic heterocycles. The number of carbonyl (C=O) groups is 1. The zero-order valence-corrected chi connectivity index (χ0v) is 17.8. The molecule has 0 aliphatic rings. The van der Waals surface area contributed by atoms with Crippen LogP contribution in [-0.4, -0.2) is 28.5 Å². The normalized spacial score (nSPS) is 11.2. The second-order valence-electron chi connectivity index (χ2n) is 7.28. The summed E-state index contributed by atoms with van der Waals surface area (Å²) in [7, 11) is 0. The molecule has 0 spiro atoms. The van der Waals surface area contributed by atoms with Crippen LogP contribution in [-0.2, 0) is 4.74 Å². The molecule has 0 fully saturated rings. The first-order chi connectivity index (χ1) is 15.5. The number of aromatic nitrogens is 1. The van der Waals surface area contributed by atoms with Crippen LogP contribution in [0.4, 0.5) is 5.69 Å². The van der Waals surface area contributed by atoms with Crippen molar-refractivity contribution in [1.82, 2.24) is 4.57 Å². The minimum absolute atomic E-state index is 0.228. The van der Waals surface area contributed by atoms with Crippen molar-refractivity contribution in [2.24, 2.45) is 4.99 Å². The number of esters is 1. The van der Waals surface area contributed by atoms with E-state index in [1.165, 1.54) is 4.57 Å². The van der Waals surface area contributed by atoms with Crippen molar-refractivity contribution in [2.75, 3.05) is 6.61 Å². The number of pyridine rings is 1. The van der Waals surface area contributed by atoms with Gasteiger partial charge in [0.15, 0.2) is 0 Å². The molecule has 0 atom stereocenters. The van der Waals surface area contributed by atoms with Crippen LogP contribution in [0.3, 0.4) is 0 Å². The van der Waals surface area contributed by atoms with Gasteiger partial charge in [-0.3, -0.25) is 9.79 Å². The molecule has 32 heavy (non-hydrogen) atoms. The number of aryl methyl sites for hydroxylation is 1. The highest BCUT2D eigenvalue weighted by Crippen LogP contribution is 2.27. The number of aliphatic imine (C=N–C) groups is 1. The highest BCUT2D eigenvalue weighted by molar-refractivity contribution is 6.02. The van der Waals surface area contributed by atoms with E-state index in [9.17, 15) is 14.7 Å². The molecule has 160 valence electrons. The van der Waals surface area contributed by atoms with Crippen molar-refractivity contribution in [3.05, 3.63) is 99.8 Å². The number of benzene rings is 3. The van der Waals surface area contributed by atoms with Gasteiger partial charge >= 0.3 is 5.97 Å². The van der Waals surface area contributed by atoms with Crippen LogP contribution in [0, 0.1) is 6.92 Å². The monoisotopic (exact) mass is 426 g/mol. The topological polar surface area (TPSA) is 80.9 Å². The molecule has 4 rings (SSSR count). The number of aromatic hydroxyl groups is 1. The third kappa shape index (κ3) is 4.03. The molecule has 0 amide bonds. The average molecular weight is 426 g/mol. The van der Waals surface area contributed by atoms with Crippen LogP contribution in [0.5, 0.6) is 5.88 Å². The fraction of sp³-hybridized carbons (Fsp3) is 0.115. The lowest BCUT2D eigenvalue weighted by Gasteiger charge is -2.14. The van der Waals surface area contributed by atoms with E-state index in [0.717, 1.165) is 11.3 Å².